The van der Waals surface area contributed by atoms with Crippen LogP contribution >= 0.6 is 22.9 Å². The molecule has 1 fully saturated rings. The van der Waals surface area contributed by atoms with E-state index < -0.39 is 0 Å². The summed E-state index contributed by atoms with van der Waals surface area (Å²) in [6.07, 6.45) is 2.06. The number of benzene rings is 1. The van der Waals surface area contributed by atoms with Crippen LogP contribution in [0.2, 0.25) is 5.02 Å². The third kappa shape index (κ3) is 2.41. The van der Waals surface area contributed by atoms with Gasteiger partial charge in [-0.25, -0.2) is 0 Å². The number of amides is 1. The maximum atomic E-state index is 12.6. The van der Waals surface area contributed by atoms with Gasteiger partial charge in [0.05, 0.1) is 16.8 Å². The van der Waals surface area contributed by atoms with Crippen molar-refractivity contribution in [3.63, 3.8) is 0 Å². The number of carbonyl (C=O) groups is 1. The highest BCUT2D eigenvalue weighted by Gasteiger charge is 2.30. The van der Waals surface area contributed by atoms with Gasteiger partial charge in [-0.3, -0.25) is 4.79 Å². The quantitative estimate of drug-likeness (QED) is 0.854. The highest BCUT2D eigenvalue weighted by molar-refractivity contribution is 7.08. The lowest BCUT2D eigenvalue weighted by atomic mass is 10.1. The SMILES string of the molecule is Nc1cc(C(=O)N2CCCC2c2ccsc2)ccc1Cl. The molecule has 1 saturated heterocycles. The molecule has 0 spiro atoms. The van der Waals surface area contributed by atoms with Crippen molar-refractivity contribution < 1.29 is 4.79 Å². The number of likely N-dealkylation sites (tertiary alicyclic amines) is 1. The average molecular weight is 307 g/mol. The van der Waals surface area contributed by atoms with Crippen molar-refractivity contribution in [3.8, 4) is 0 Å². The molecule has 104 valence electrons. The van der Waals surface area contributed by atoms with Crippen molar-refractivity contribution in [1.29, 1.82) is 0 Å². The molecular formula is C15H15ClN2OS. The van der Waals surface area contributed by atoms with Gasteiger partial charge in [0.2, 0.25) is 0 Å². The largest absolute Gasteiger partial charge is 0.398 e. The third-order valence-corrected chi connectivity index (χ3v) is 4.73. The Labute approximate surface area is 127 Å². The molecule has 0 radical (unpaired) electrons. The minimum atomic E-state index is 0.0297. The summed E-state index contributed by atoms with van der Waals surface area (Å²) < 4.78 is 0. The number of halogens is 1. The van der Waals surface area contributed by atoms with Gasteiger partial charge in [0, 0.05) is 12.1 Å². The summed E-state index contributed by atoms with van der Waals surface area (Å²) in [7, 11) is 0. The molecule has 20 heavy (non-hydrogen) atoms. The van der Waals surface area contributed by atoms with Crippen molar-refractivity contribution in [1.82, 2.24) is 4.90 Å². The Morgan fingerprint density at radius 1 is 1.40 bits per heavy atom. The standard InChI is InChI=1S/C15H15ClN2OS/c16-12-4-3-10(8-13(12)17)15(19)18-6-1-2-14(18)11-5-7-20-9-11/h3-5,7-9,14H,1-2,6,17H2. The van der Waals surface area contributed by atoms with E-state index in [1.165, 1.54) is 5.56 Å². The predicted molar refractivity (Wildman–Crippen MR) is 83.2 cm³/mol. The normalized spacial score (nSPS) is 18.4. The van der Waals surface area contributed by atoms with Crippen LogP contribution in [0.5, 0.6) is 0 Å². The van der Waals surface area contributed by atoms with E-state index in [4.69, 9.17) is 17.3 Å². The van der Waals surface area contributed by atoms with Crippen LogP contribution < -0.4 is 5.73 Å². The third-order valence-electron chi connectivity index (χ3n) is 3.68. The van der Waals surface area contributed by atoms with Crippen LogP contribution in [-0.4, -0.2) is 17.4 Å². The predicted octanol–water partition coefficient (Wildman–Crippen LogP) is 3.96. The first kappa shape index (κ1) is 13.5. The number of thiophene rings is 1. The van der Waals surface area contributed by atoms with Crippen LogP contribution in [-0.2, 0) is 0 Å². The first-order valence-electron chi connectivity index (χ1n) is 6.55. The summed E-state index contributed by atoms with van der Waals surface area (Å²) in [6, 6.07) is 7.36. The molecule has 3 nitrogen and oxygen atoms in total. The van der Waals surface area contributed by atoms with Crippen molar-refractivity contribution >= 4 is 34.5 Å². The van der Waals surface area contributed by atoms with Crippen LogP contribution in [0.3, 0.4) is 0 Å². The van der Waals surface area contributed by atoms with E-state index in [0.717, 1.165) is 19.4 Å². The fourth-order valence-corrected chi connectivity index (χ4v) is 3.49. The zero-order valence-corrected chi connectivity index (χ0v) is 12.5. The minimum absolute atomic E-state index is 0.0297. The highest BCUT2D eigenvalue weighted by Crippen LogP contribution is 2.34. The second kappa shape index (κ2) is 5.46. The molecule has 2 N–H and O–H groups in total. The van der Waals surface area contributed by atoms with Gasteiger partial charge >= 0.3 is 0 Å². The molecule has 2 heterocycles. The van der Waals surface area contributed by atoms with Gasteiger partial charge in [-0.2, -0.15) is 11.3 Å². The molecule has 1 aliphatic heterocycles. The Bertz CT molecular complexity index is 627. The van der Waals surface area contributed by atoms with E-state index >= 15 is 0 Å². The van der Waals surface area contributed by atoms with Crippen molar-refractivity contribution in [3.05, 3.63) is 51.2 Å². The minimum Gasteiger partial charge on any atom is -0.398 e. The van der Waals surface area contributed by atoms with E-state index in [1.54, 1.807) is 29.5 Å². The molecule has 1 aromatic heterocycles. The lowest BCUT2D eigenvalue weighted by Crippen LogP contribution is -2.30. The smallest absolute Gasteiger partial charge is 0.254 e. The van der Waals surface area contributed by atoms with Crippen molar-refractivity contribution in [2.75, 3.05) is 12.3 Å². The average Bonchev–Trinajstić information content (AvgIpc) is 3.10. The van der Waals surface area contributed by atoms with Gasteiger partial charge in [0.15, 0.2) is 0 Å². The van der Waals surface area contributed by atoms with E-state index in [1.807, 2.05) is 4.90 Å². The maximum Gasteiger partial charge on any atom is 0.254 e. The lowest BCUT2D eigenvalue weighted by molar-refractivity contribution is 0.0736. The Balaban J connectivity index is 1.87. The number of nitrogens with two attached hydrogens (primary N) is 1. The zero-order valence-electron chi connectivity index (χ0n) is 10.9. The number of hydrogen-bond acceptors (Lipinski definition) is 3. The Morgan fingerprint density at radius 2 is 2.25 bits per heavy atom. The fourth-order valence-electron chi connectivity index (χ4n) is 2.66. The number of anilines is 1. The molecule has 1 atom stereocenters. The molecule has 2 aromatic rings. The first-order valence-corrected chi connectivity index (χ1v) is 7.87. The maximum absolute atomic E-state index is 12.6. The van der Waals surface area contributed by atoms with E-state index in [-0.39, 0.29) is 11.9 Å². The molecule has 5 heteroatoms. The molecule has 0 bridgehead atoms. The van der Waals surface area contributed by atoms with E-state index in [2.05, 4.69) is 16.8 Å². The topological polar surface area (TPSA) is 46.3 Å². The summed E-state index contributed by atoms with van der Waals surface area (Å²) in [5.74, 6) is 0.0297. The van der Waals surface area contributed by atoms with Crippen molar-refractivity contribution in [2.24, 2.45) is 0 Å². The second-order valence-corrected chi connectivity index (χ2v) is 6.14. The first-order chi connectivity index (χ1) is 9.66. The summed E-state index contributed by atoms with van der Waals surface area (Å²) in [6.45, 7) is 0.794. The van der Waals surface area contributed by atoms with Gasteiger partial charge < -0.3 is 10.6 Å². The Morgan fingerprint density at radius 3 is 2.95 bits per heavy atom. The van der Waals surface area contributed by atoms with Gasteiger partial charge in [-0.1, -0.05) is 11.6 Å². The monoisotopic (exact) mass is 306 g/mol. The Hall–Kier alpha value is -1.52. The summed E-state index contributed by atoms with van der Waals surface area (Å²) in [5, 5.41) is 4.65. The summed E-state index contributed by atoms with van der Waals surface area (Å²) in [4.78, 5) is 14.6. The second-order valence-electron chi connectivity index (χ2n) is 4.95. The zero-order chi connectivity index (χ0) is 14.1. The van der Waals surface area contributed by atoms with Gasteiger partial charge in [0.25, 0.3) is 5.91 Å². The number of carbonyl (C=O) groups excluding carboxylic acids is 1. The molecule has 0 aliphatic carbocycles. The number of hydrogen-bond donors (Lipinski definition) is 1. The summed E-state index contributed by atoms with van der Waals surface area (Å²) in [5.41, 5.74) is 8.06. The molecule has 1 amide bonds. The molecule has 1 aromatic carbocycles. The number of nitrogen functional groups attached to an aromatic ring is 1. The molecule has 0 saturated carbocycles. The number of rotatable bonds is 2. The van der Waals surface area contributed by atoms with Crippen LogP contribution in [0.15, 0.2) is 35.0 Å². The Kier molecular flexibility index (Phi) is 3.68. The summed E-state index contributed by atoms with van der Waals surface area (Å²) >= 11 is 7.57. The van der Waals surface area contributed by atoms with Gasteiger partial charge in [-0.05, 0) is 53.4 Å². The van der Waals surface area contributed by atoms with Gasteiger partial charge in [-0.15, -0.1) is 0 Å². The molecule has 1 aliphatic rings. The van der Waals surface area contributed by atoms with Crippen LogP contribution in [0.1, 0.15) is 34.8 Å². The molecule has 1 unspecified atom stereocenters. The van der Waals surface area contributed by atoms with Crippen LogP contribution in [0.25, 0.3) is 0 Å². The number of nitrogens with zero attached hydrogens (tertiary/aromatic N) is 1. The molecular weight excluding hydrogens is 292 g/mol. The van der Waals surface area contributed by atoms with E-state index in [9.17, 15) is 4.79 Å². The van der Waals surface area contributed by atoms with E-state index in [0.29, 0.717) is 16.3 Å². The van der Waals surface area contributed by atoms with Crippen LogP contribution in [0.4, 0.5) is 5.69 Å². The van der Waals surface area contributed by atoms with Crippen LogP contribution in [0, 0.1) is 0 Å². The fraction of sp³-hybridized carbons (Fsp3) is 0.267. The molecule has 3 rings (SSSR count). The van der Waals surface area contributed by atoms with Gasteiger partial charge in [0.1, 0.15) is 0 Å². The lowest BCUT2D eigenvalue weighted by Gasteiger charge is -2.24. The van der Waals surface area contributed by atoms with Crippen molar-refractivity contribution in [2.45, 2.75) is 18.9 Å². The highest BCUT2D eigenvalue weighted by atomic mass is 35.5.